The number of hydrogen-bond donors (Lipinski definition) is 1. The third-order valence-corrected chi connectivity index (χ3v) is 3.60. The van der Waals surface area contributed by atoms with E-state index >= 15 is 0 Å². The highest BCUT2D eigenvalue weighted by Crippen LogP contribution is 2.29. The van der Waals surface area contributed by atoms with Gasteiger partial charge in [-0.3, -0.25) is 0 Å². The van der Waals surface area contributed by atoms with Crippen molar-refractivity contribution in [2.24, 2.45) is 0 Å². The third-order valence-electron chi connectivity index (χ3n) is 2.91. The van der Waals surface area contributed by atoms with Crippen molar-refractivity contribution in [1.29, 1.82) is 0 Å². The van der Waals surface area contributed by atoms with Crippen molar-refractivity contribution < 1.29 is 0 Å². The maximum Gasteiger partial charge on any atom is 0.113 e. The van der Waals surface area contributed by atoms with Gasteiger partial charge < -0.3 is 0 Å². The smallest absolute Gasteiger partial charge is 0.113 e. The predicted octanol–water partition coefficient (Wildman–Crippen LogP) is 2.63. The van der Waals surface area contributed by atoms with E-state index < -0.39 is 0 Å². The van der Waals surface area contributed by atoms with Crippen LogP contribution in [0, 0.1) is 0 Å². The molecule has 0 aliphatic heterocycles. The predicted molar refractivity (Wildman–Crippen MR) is 70.3 cm³/mol. The first-order chi connectivity index (χ1) is 8.92. The maximum atomic E-state index is 4.19. The monoisotopic (exact) mass is 253 g/mol. The molecule has 0 bridgehead atoms. The summed E-state index contributed by atoms with van der Waals surface area (Å²) < 4.78 is 5.09. The second-order valence-corrected chi connectivity index (χ2v) is 4.74. The summed E-state index contributed by atoms with van der Waals surface area (Å²) in [6, 6.07) is 12.1. The van der Waals surface area contributed by atoms with E-state index in [0.29, 0.717) is 0 Å². The number of aromatic nitrogens is 5. The number of aromatic amines is 1. The zero-order valence-corrected chi connectivity index (χ0v) is 9.98. The molecule has 1 N–H and O–H groups in total. The topological polar surface area (TPSA) is 67.3 Å². The van der Waals surface area contributed by atoms with Gasteiger partial charge in [0.25, 0.3) is 0 Å². The molecule has 0 radical (unpaired) electrons. The molecular formula is C12H7N5S. The molecule has 6 heteroatoms. The molecule has 4 rings (SSSR count). The van der Waals surface area contributed by atoms with Crippen LogP contribution < -0.4 is 0 Å². The van der Waals surface area contributed by atoms with E-state index in [1.807, 2.05) is 36.4 Å². The van der Waals surface area contributed by atoms with Crippen LogP contribution in [0.4, 0.5) is 0 Å². The van der Waals surface area contributed by atoms with Crippen molar-refractivity contribution in [2.75, 3.05) is 0 Å². The quantitative estimate of drug-likeness (QED) is 0.566. The summed E-state index contributed by atoms with van der Waals surface area (Å²) in [6.07, 6.45) is 0. The first kappa shape index (κ1) is 9.67. The van der Waals surface area contributed by atoms with Crippen LogP contribution in [-0.2, 0) is 0 Å². The lowest BCUT2D eigenvalue weighted by Crippen LogP contribution is -1.81. The van der Waals surface area contributed by atoms with Crippen LogP contribution in [0.25, 0.3) is 32.4 Å². The van der Waals surface area contributed by atoms with E-state index in [0.717, 1.165) is 32.4 Å². The standard InChI is InChI=1S/C12H7N5S/c1-2-8(12-11(3-1)18-17-15-12)7-4-5-9-10(6-7)14-16-13-9/h1-6H,(H,13,14,16). The molecule has 0 saturated carbocycles. The summed E-state index contributed by atoms with van der Waals surface area (Å²) in [6.45, 7) is 0. The SMILES string of the molecule is c1cc(-c2ccc3n[nH]nc3c2)c2nnsc2c1. The van der Waals surface area contributed by atoms with Gasteiger partial charge in [-0.2, -0.15) is 15.4 Å². The Bertz CT molecular complexity index is 848. The number of hydrogen-bond acceptors (Lipinski definition) is 5. The van der Waals surface area contributed by atoms with Gasteiger partial charge in [0.1, 0.15) is 16.6 Å². The van der Waals surface area contributed by atoms with Crippen LogP contribution in [-0.4, -0.2) is 25.0 Å². The van der Waals surface area contributed by atoms with Crippen LogP contribution in [0.15, 0.2) is 36.4 Å². The van der Waals surface area contributed by atoms with Gasteiger partial charge in [-0.1, -0.05) is 22.7 Å². The number of rotatable bonds is 1. The number of nitrogens with one attached hydrogen (secondary N) is 1. The van der Waals surface area contributed by atoms with Gasteiger partial charge in [0, 0.05) is 5.56 Å². The van der Waals surface area contributed by atoms with E-state index in [1.54, 1.807) is 0 Å². The molecule has 0 aliphatic rings. The molecule has 0 aliphatic carbocycles. The van der Waals surface area contributed by atoms with Gasteiger partial charge in [0.05, 0.1) is 4.70 Å². The number of benzene rings is 2. The molecule has 0 atom stereocenters. The molecule has 4 aromatic rings. The molecule has 5 nitrogen and oxygen atoms in total. The Morgan fingerprint density at radius 1 is 1.00 bits per heavy atom. The second kappa shape index (κ2) is 3.58. The van der Waals surface area contributed by atoms with E-state index in [2.05, 4.69) is 25.0 Å². The second-order valence-electron chi connectivity index (χ2n) is 3.95. The number of H-pyrrole nitrogens is 1. The largest absolute Gasteiger partial charge is 0.197 e. The molecule has 2 aromatic carbocycles. The van der Waals surface area contributed by atoms with Crippen LogP contribution >= 0.6 is 11.5 Å². The molecule has 2 aromatic heterocycles. The minimum Gasteiger partial charge on any atom is -0.197 e. The maximum absolute atomic E-state index is 4.19. The van der Waals surface area contributed by atoms with Crippen molar-refractivity contribution in [1.82, 2.24) is 25.0 Å². The molecule has 0 saturated heterocycles. The summed E-state index contributed by atoms with van der Waals surface area (Å²) in [5.41, 5.74) is 4.81. The third kappa shape index (κ3) is 1.32. The fourth-order valence-electron chi connectivity index (χ4n) is 2.05. The van der Waals surface area contributed by atoms with Gasteiger partial charge in [0.15, 0.2) is 0 Å². The zero-order chi connectivity index (χ0) is 11.9. The van der Waals surface area contributed by atoms with Crippen molar-refractivity contribution in [3.05, 3.63) is 36.4 Å². The molecule has 0 spiro atoms. The molecular weight excluding hydrogens is 246 g/mol. The minimum atomic E-state index is 0.854. The van der Waals surface area contributed by atoms with Gasteiger partial charge in [-0.15, -0.1) is 5.10 Å². The first-order valence-electron chi connectivity index (χ1n) is 5.44. The van der Waals surface area contributed by atoms with E-state index in [9.17, 15) is 0 Å². The number of fused-ring (bicyclic) bond motifs is 2. The van der Waals surface area contributed by atoms with Crippen molar-refractivity contribution >= 4 is 32.8 Å². The van der Waals surface area contributed by atoms with Gasteiger partial charge >= 0.3 is 0 Å². The Hall–Kier alpha value is -2.34. The fourth-order valence-corrected chi connectivity index (χ4v) is 2.63. The minimum absolute atomic E-state index is 0.854. The molecule has 2 heterocycles. The molecule has 0 fully saturated rings. The van der Waals surface area contributed by atoms with Gasteiger partial charge in [-0.05, 0) is 35.3 Å². The van der Waals surface area contributed by atoms with Crippen molar-refractivity contribution in [3.63, 3.8) is 0 Å². The Labute approximate surface area is 106 Å². The van der Waals surface area contributed by atoms with Crippen molar-refractivity contribution in [2.45, 2.75) is 0 Å². The fraction of sp³-hybridized carbons (Fsp3) is 0. The summed E-state index contributed by atoms with van der Waals surface area (Å²) in [4.78, 5) is 0. The highest BCUT2D eigenvalue weighted by atomic mass is 32.1. The molecule has 86 valence electrons. The number of nitrogens with zero attached hydrogens (tertiary/aromatic N) is 4. The van der Waals surface area contributed by atoms with E-state index in [-0.39, 0.29) is 0 Å². The summed E-state index contributed by atoms with van der Waals surface area (Å²) >= 11 is 1.41. The van der Waals surface area contributed by atoms with Crippen molar-refractivity contribution in [3.8, 4) is 11.1 Å². The lowest BCUT2D eigenvalue weighted by atomic mass is 10.0. The van der Waals surface area contributed by atoms with E-state index in [4.69, 9.17) is 0 Å². The Morgan fingerprint density at radius 3 is 2.94 bits per heavy atom. The normalized spacial score (nSPS) is 11.3. The average molecular weight is 253 g/mol. The summed E-state index contributed by atoms with van der Waals surface area (Å²) in [5.74, 6) is 0. The van der Waals surface area contributed by atoms with E-state index in [1.165, 1.54) is 11.5 Å². The highest BCUT2D eigenvalue weighted by molar-refractivity contribution is 7.13. The highest BCUT2D eigenvalue weighted by Gasteiger charge is 2.08. The Kier molecular flexibility index (Phi) is 1.92. The molecule has 18 heavy (non-hydrogen) atoms. The first-order valence-corrected chi connectivity index (χ1v) is 6.21. The molecule has 0 unspecified atom stereocenters. The summed E-state index contributed by atoms with van der Waals surface area (Å²) in [5, 5.41) is 15.0. The van der Waals surface area contributed by atoms with Gasteiger partial charge in [-0.25, -0.2) is 0 Å². The van der Waals surface area contributed by atoms with Crippen LogP contribution in [0.2, 0.25) is 0 Å². The molecule has 0 amide bonds. The lowest BCUT2D eigenvalue weighted by Gasteiger charge is -2.01. The lowest BCUT2D eigenvalue weighted by molar-refractivity contribution is 0.959. The average Bonchev–Trinajstić information content (AvgIpc) is 3.05. The summed E-state index contributed by atoms with van der Waals surface area (Å²) in [7, 11) is 0. The van der Waals surface area contributed by atoms with Crippen LogP contribution in [0.1, 0.15) is 0 Å². The van der Waals surface area contributed by atoms with Crippen LogP contribution in [0.3, 0.4) is 0 Å². The Balaban J connectivity index is 2.03. The Morgan fingerprint density at radius 2 is 1.94 bits per heavy atom. The van der Waals surface area contributed by atoms with Gasteiger partial charge in [0.2, 0.25) is 0 Å². The zero-order valence-electron chi connectivity index (χ0n) is 9.16. The van der Waals surface area contributed by atoms with Crippen LogP contribution in [0.5, 0.6) is 0 Å².